The van der Waals surface area contributed by atoms with Crippen LogP contribution in [0.4, 0.5) is 0 Å². The third-order valence-corrected chi connectivity index (χ3v) is 2.94. The van der Waals surface area contributed by atoms with Gasteiger partial charge in [-0.15, -0.1) is 0 Å². The zero-order valence-electron chi connectivity index (χ0n) is 10.7. The third kappa shape index (κ3) is 4.49. The van der Waals surface area contributed by atoms with Gasteiger partial charge in [0.1, 0.15) is 0 Å². The molecule has 16 heavy (non-hydrogen) atoms. The van der Waals surface area contributed by atoms with Crippen molar-refractivity contribution in [2.75, 3.05) is 33.3 Å². The molecule has 4 nitrogen and oxygen atoms in total. The van der Waals surface area contributed by atoms with Gasteiger partial charge < -0.3 is 15.0 Å². The van der Waals surface area contributed by atoms with Gasteiger partial charge in [-0.1, -0.05) is 0 Å². The molecule has 1 saturated heterocycles. The summed E-state index contributed by atoms with van der Waals surface area (Å²) >= 11 is 0. The molecule has 1 aliphatic rings. The molecule has 1 aliphatic heterocycles. The molecule has 0 unspecified atom stereocenters. The first-order valence-corrected chi connectivity index (χ1v) is 6.18. The summed E-state index contributed by atoms with van der Waals surface area (Å²) in [4.78, 5) is 13.8. The van der Waals surface area contributed by atoms with Gasteiger partial charge >= 0.3 is 0 Å². The summed E-state index contributed by atoms with van der Waals surface area (Å²) in [6.45, 7) is 7.27. The van der Waals surface area contributed by atoms with E-state index in [1.165, 1.54) is 0 Å². The number of likely N-dealkylation sites (N-methyl/N-ethyl adjacent to an activating group) is 1. The van der Waals surface area contributed by atoms with Crippen molar-refractivity contribution in [3.05, 3.63) is 0 Å². The van der Waals surface area contributed by atoms with Gasteiger partial charge in [0.2, 0.25) is 5.91 Å². The number of amides is 1. The minimum Gasteiger partial charge on any atom is -0.377 e. The van der Waals surface area contributed by atoms with E-state index in [9.17, 15) is 4.79 Å². The van der Waals surface area contributed by atoms with Gasteiger partial charge in [0.05, 0.1) is 12.7 Å². The van der Waals surface area contributed by atoms with Crippen molar-refractivity contribution in [3.63, 3.8) is 0 Å². The van der Waals surface area contributed by atoms with Crippen molar-refractivity contribution in [3.8, 4) is 0 Å². The molecule has 94 valence electrons. The number of ether oxygens (including phenoxy) is 1. The second-order valence-corrected chi connectivity index (χ2v) is 4.70. The number of rotatable bonds is 5. The summed E-state index contributed by atoms with van der Waals surface area (Å²) in [5.74, 6) is 0.485. The summed E-state index contributed by atoms with van der Waals surface area (Å²) in [5.41, 5.74) is 0. The predicted molar refractivity (Wildman–Crippen MR) is 64.3 cm³/mol. The van der Waals surface area contributed by atoms with Gasteiger partial charge in [0, 0.05) is 19.5 Å². The molecule has 0 aliphatic carbocycles. The van der Waals surface area contributed by atoms with Gasteiger partial charge in [0.25, 0.3) is 0 Å². The Morgan fingerprint density at radius 3 is 2.62 bits per heavy atom. The summed E-state index contributed by atoms with van der Waals surface area (Å²) in [7, 11) is 1.87. The standard InChI is InChI=1S/C12H24N2O2/c1-10(2)16-9-8-14(3)12(15)11-4-6-13-7-5-11/h10-11,13H,4-9H2,1-3H3. The molecule has 0 spiro atoms. The van der Waals surface area contributed by atoms with Crippen LogP contribution in [-0.4, -0.2) is 50.2 Å². The topological polar surface area (TPSA) is 41.6 Å². The Hall–Kier alpha value is -0.610. The summed E-state index contributed by atoms with van der Waals surface area (Å²) in [6.07, 6.45) is 2.17. The molecule has 4 heteroatoms. The van der Waals surface area contributed by atoms with Crippen LogP contribution in [0.25, 0.3) is 0 Å². The number of nitrogens with one attached hydrogen (secondary N) is 1. The Morgan fingerprint density at radius 1 is 1.44 bits per heavy atom. The largest absolute Gasteiger partial charge is 0.377 e. The first-order valence-electron chi connectivity index (χ1n) is 6.18. The van der Waals surface area contributed by atoms with Crippen LogP contribution in [0.15, 0.2) is 0 Å². The zero-order chi connectivity index (χ0) is 12.0. The third-order valence-electron chi connectivity index (χ3n) is 2.94. The fourth-order valence-electron chi connectivity index (χ4n) is 1.92. The van der Waals surface area contributed by atoms with Crippen molar-refractivity contribution in [1.82, 2.24) is 10.2 Å². The van der Waals surface area contributed by atoms with E-state index in [2.05, 4.69) is 5.32 Å². The first-order chi connectivity index (χ1) is 7.61. The normalized spacial score (nSPS) is 17.8. The molecule has 0 aromatic carbocycles. The maximum absolute atomic E-state index is 12.0. The molecule has 1 fully saturated rings. The van der Waals surface area contributed by atoms with Crippen LogP contribution in [0.5, 0.6) is 0 Å². The van der Waals surface area contributed by atoms with E-state index in [4.69, 9.17) is 4.74 Å². The highest BCUT2D eigenvalue weighted by Gasteiger charge is 2.23. The van der Waals surface area contributed by atoms with Gasteiger partial charge in [-0.2, -0.15) is 0 Å². The number of hydrogen-bond acceptors (Lipinski definition) is 3. The van der Waals surface area contributed by atoms with Crippen LogP contribution in [0.1, 0.15) is 26.7 Å². The van der Waals surface area contributed by atoms with Crippen molar-refractivity contribution < 1.29 is 9.53 Å². The second kappa shape index (κ2) is 6.86. The van der Waals surface area contributed by atoms with E-state index in [1.807, 2.05) is 20.9 Å². The lowest BCUT2D eigenvalue weighted by molar-refractivity contribution is -0.135. The molecule has 1 rings (SSSR count). The number of piperidine rings is 1. The van der Waals surface area contributed by atoms with Crippen LogP contribution in [-0.2, 0) is 9.53 Å². The van der Waals surface area contributed by atoms with Crippen molar-refractivity contribution in [2.45, 2.75) is 32.8 Å². The highest BCUT2D eigenvalue weighted by molar-refractivity contribution is 5.78. The Kier molecular flexibility index (Phi) is 5.77. The fraction of sp³-hybridized carbons (Fsp3) is 0.917. The van der Waals surface area contributed by atoms with Crippen LogP contribution >= 0.6 is 0 Å². The molecule has 1 heterocycles. The van der Waals surface area contributed by atoms with Crippen molar-refractivity contribution >= 4 is 5.91 Å². The average Bonchev–Trinajstić information content (AvgIpc) is 2.28. The van der Waals surface area contributed by atoms with E-state index in [0.717, 1.165) is 25.9 Å². The van der Waals surface area contributed by atoms with Gasteiger partial charge in [0.15, 0.2) is 0 Å². The Balaban J connectivity index is 2.23. The SMILES string of the molecule is CC(C)OCCN(C)C(=O)C1CCNCC1. The molecule has 0 bridgehead atoms. The van der Waals surface area contributed by atoms with Gasteiger partial charge in [-0.05, 0) is 39.8 Å². The number of hydrogen-bond donors (Lipinski definition) is 1. The van der Waals surface area contributed by atoms with E-state index >= 15 is 0 Å². The summed E-state index contributed by atoms with van der Waals surface area (Å²) in [6, 6.07) is 0. The molecule has 1 amide bonds. The maximum atomic E-state index is 12.0. The smallest absolute Gasteiger partial charge is 0.225 e. The van der Waals surface area contributed by atoms with Crippen LogP contribution in [0.2, 0.25) is 0 Å². The van der Waals surface area contributed by atoms with Gasteiger partial charge in [-0.25, -0.2) is 0 Å². The lowest BCUT2D eigenvalue weighted by Gasteiger charge is -2.27. The van der Waals surface area contributed by atoms with E-state index in [0.29, 0.717) is 13.2 Å². The quantitative estimate of drug-likeness (QED) is 0.759. The lowest BCUT2D eigenvalue weighted by Crippen LogP contribution is -2.40. The summed E-state index contributed by atoms with van der Waals surface area (Å²) in [5, 5.41) is 3.27. The summed E-state index contributed by atoms with van der Waals surface area (Å²) < 4.78 is 5.44. The lowest BCUT2D eigenvalue weighted by atomic mass is 9.97. The Morgan fingerprint density at radius 2 is 2.06 bits per heavy atom. The van der Waals surface area contributed by atoms with Gasteiger partial charge in [-0.3, -0.25) is 4.79 Å². The molecule has 0 saturated carbocycles. The van der Waals surface area contributed by atoms with Crippen LogP contribution in [0, 0.1) is 5.92 Å². The average molecular weight is 228 g/mol. The first kappa shape index (κ1) is 13.5. The molecule has 0 atom stereocenters. The molecule has 0 radical (unpaired) electrons. The molecule has 0 aromatic heterocycles. The highest BCUT2D eigenvalue weighted by Crippen LogP contribution is 2.14. The molecule has 0 aromatic rings. The number of carbonyl (C=O) groups excluding carboxylic acids is 1. The Bertz CT molecular complexity index is 213. The van der Waals surface area contributed by atoms with E-state index < -0.39 is 0 Å². The predicted octanol–water partition coefficient (Wildman–Crippen LogP) is 0.869. The van der Waals surface area contributed by atoms with Crippen molar-refractivity contribution in [2.24, 2.45) is 5.92 Å². The maximum Gasteiger partial charge on any atom is 0.225 e. The van der Waals surface area contributed by atoms with E-state index in [-0.39, 0.29) is 17.9 Å². The molecular formula is C12H24N2O2. The van der Waals surface area contributed by atoms with Crippen LogP contribution in [0.3, 0.4) is 0 Å². The minimum absolute atomic E-state index is 0.213. The zero-order valence-corrected chi connectivity index (χ0v) is 10.7. The number of nitrogens with zero attached hydrogens (tertiary/aromatic N) is 1. The van der Waals surface area contributed by atoms with Crippen LogP contribution < -0.4 is 5.32 Å². The number of carbonyl (C=O) groups is 1. The highest BCUT2D eigenvalue weighted by atomic mass is 16.5. The fourth-order valence-corrected chi connectivity index (χ4v) is 1.92. The second-order valence-electron chi connectivity index (χ2n) is 4.70. The molecule has 1 N–H and O–H groups in total. The van der Waals surface area contributed by atoms with Crippen molar-refractivity contribution in [1.29, 1.82) is 0 Å². The minimum atomic E-state index is 0.213. The van der Waals surface area contributed by atoms with E-state index in [1.54, 1.807) is 4.90 Å². The molecular weight excluding hydrogens is 204 g/mol. The Labute approximate surface area is 98.3 Å². The monoisotopic (exact) mass is 228 g/mol.